The maximum atomic E-state index is 11.8. The van der Waals surface area contributed by atoms with E-state index in [1.54, 1.807) is 20.8 Å². The maximum Gasteiger partial charge on any atom is 0.246 e. The molecule has 1 saturated heterocycles. The van der Waals surface area contributed by atoms with E-state index in [0.717, 1.165) is 4.90 Å². The summed E-state index contributed by atoms with van der Waals surface area (Å²) in [5.74, 6) is -0.581. The van der Waals surface area contributed by atoms with Crippen molar-refractivity contribution in [1.82, 2.24) is 10.2 Å². The Morgan fingerprint density at radius 3 is 2.28 bits per heavy atom. The first-order chi connectivity index (χ1) is 8.06. The number of carbonyl (C=O) groups excluding carboxylic acids is 2. The Kier molecular flexibility index (Phi) is 4.17. The normalized spacial score (nSPS) is 21.8. The second kappa shape index (κ2) is 4.97. The summed E-state index contributed by atoms with van der Waals surface area (Å²) in [6.07, 6.45) is 0.102. The van der Waals surface area contributed by atoms with Crippen molar-refractivity contribution in [2.24, 2.45) is 0 Å². The zero-order valence-electron chi connectivity index (χ0n) is 11.2. The molecule has 1 aliphatic heterocycles. The van der Waals surface area contributed by atoms with Crippen LogP contribution in [0.5, 0.6) is 0 Å². The van der Waals surface area contributed by atoms with Crippen LogP contribution in [0.15, 0.2) is 0 Å². The van der Waals surface area contributed by atoms with E-state index in [0.29, 0.717) is 0 Å². The van der Waals surface area contributed by atoms with E-state index in [-0.39, 0.29) is 30.5 Å². The highest BCUT2D eigenvalue weighted by molar-refractivity contribution is 7.92. The van der Waals surface area contributed by atoms with Crippen LogP contribution >= 0.6 is 0 Å². The zero-order chi connectivity index (χ0) is 14.1. The molecule has 0 saturated carbocycles. The summed E-state index contributed by atoms with van der Waals surface area (Å²) in [6, 6.07) is -0.585. The molecule has 18 heavy (non-hydrogen) atoms. The quantitative estimate of drug-likeness (QED) is 0.703. The molecule has 1 aliphatic rings. The van der Waals surface area contributed by atoms with Crippen molar-refractivity contribution < 1.29 is 18.0 Å². The number of hydrogen-bond acceptors (Lipinski definition) is 5. The third-order valence-electron chi connectivity index (χ3n) is 3.08. The number of rotatable bonds is 4. The number of likely N-dealkylation sites (tertiary alicyclic amines) is 1. The highest BCUT2D eigenvalue weighted by atomic mass is 32.2. The fourth-order valence-corrected chi connectivity index (χ4v) is 2.59. The Labute approximate surface area is 108 Å². The summed E-state index contributed by atoms with van der Waals surface area (Å²) >= 11 is 0. The molecule has 1 fully saturated rings. The van der Waals surface area contributed by atoms with Gasteiger partial charge in [-0.15, -0.1) is 0 Å². The van der Waals surface area contributed by atoms with Gasteiger partial charge < -0.3 is 5.32 Å². The molecule has 1 unspecified atom stereocenters. The molecule has 6 nitrogen and oxygen atoms in total. The third kappa shape index (κ3) is 3.08. The van der Waals surface area contributed by atoms with E-state index in [1.807, 2.05) is 0 Å². The smallest absolute Gasteiger partial charge is 0.246 e. The lowest BCUT2D eigenvalue weighted by Gasteiger charge is -2.19. The van der Waals surface area contributed by atoms with E-state index in [1.165, 1.54) is 7.05 Å². The van der Waals surface area contributed by atoms with Gasteiger partial charge in [-0.1, -0.05) is 0 Å². The second-order valence-electron chi connectivity index (χ2n) is 5.43. The van der Waals surface area contributed by atoms with Crippen molar-refractivity contribution in [2.75, 3.05) is 19.3 Å². The van der Waals surface area contributed by atoms with Gasteiger partial charge in [0.05, 0.1) is 23.0 Å². The standard InChI is InChI=1S/C11H20N2O4S/c1-11(2,3)18(16,17)6-5-12-8-7-9(14)13(4)10(8)15/h8,12H,5-7H2,1-4H3. The van der Waals surface area contributed by atoms with Gasteiger partial charge in [0, 0.05) is 13.6 Å². The van der Waals surface area contributed by atoms with E-state index >= 15 is 0 Å². The Balaban J connectivity index is 2.50. The zero-order valence-corrected chi connectivity index (χ0v) is 12.0. The van der Waals surface area contributed by atoms with Gasteiger partial charge in [0.25, 0.3) is 0 Å². The predicted octanol–water partition coefficient (Wildman–Crippen LogP) is -0.453. The molecular formula is C11H20N2O4S. The van der Waals surface area contributed by atoms with Gasteiger partial charge in [0.15, 0.2) is 9.84 Å². The summed E-state index contributed by atoms with van der Waals surface area (Å²) in [4.78, 5) is 23.9. The third-order valence-corrected chi connectivity index (χ3v) is 5.68. The molecule has 0 radical (unpaired) electrons. The maximum absolute atomic E-state index is 11.8. The number of carbonyl (C=O) groups is 2. The second-order valence-corrected chi connectivity index (χ2v) is 8.30. The van der Waals surface area contributed by atoms with E-state index in [4.69, 9.17) is 0 Å². The van der Waals surface area contributed by atoms with Crippen LogP contribution in [0.4, 0.5) is 0 Å². The number of amides is 2. The summed E-state index contributed by atoms with van der Waals surface area (Å²) in [5.41, 5.74) is 0. The lowest BCUT2D eigenvalue weighted by molar-refractivity contribution is -0.137. The first-order valence-corrected chi connectivity index (χ1v) is 7.47. The molecule has 7 heteroatoms. The number of nitrogens with one attached hydrogen (secondary N) is 1. The van der Waals surface area contributed by atoms with Crippen LogP contribution in [0.2, 0.25) is 0 Å². The molecule has 0 aromatic carbocycles. The largest absolute Gasteiger partial charge is 0.304 e. The lowest BCUT2D eigenvalue weighted by Crippen LogP contribution is -2.41. The SMILES string of the molecule is CN1C(=O)CC(NCCS(=O)(=O)C(C)(C)C)C1=O. The monoisotopic (exact) mass is 276 g/mol. The highest BCUT2D eigenvalue weighted by Crippen LogP contribution is 2.16. The number of likely N-dealkylation sites (N-methyl/N-ethyl adjacent to an activating group) is 1. The first-order valence-electron chi connectivity index (χ1n) is 5.82. The topological polar surface area (TPSA) is 83.6 Å². The Morgan fingerprint density at radius 2 is 1.89 bits per heavy atom. The molecule has 0 bridgehead atoms. The summed E-state index contributed by atoms with van der Waals surface area (Å²) < 4.78 is 22.9. The van der Waals surface area contributed by atoms with E-state index < -0.39 is 20.6 Å². The Hall–Kier alpha value is -0.950. The molecular weight excluding hydrogens is 256 g/mol. The van der Waals surface area contributed by atoms with Crippen LogP contribution < -0.4 is 5.32 Å². The van der Waals surface area contributed by atoms with Crippen molar-refractivity contribution >= 4 is 21.7 Å². The van der Waals surface area contributed by atoms with Gasteiger partial charge in [0.2, 0.25) is 11.8 Å². The van der Waals surface area contributed by atoms with Gasteiger partial charge in [-0.2, -0.15) is 0 Å². The van der Waals surface area contributed by atoms with Crippen molar-refractivity contribution in [3.8, 4) is 0 Å². The minimum atomic E-state index is -3.21. The van der Waals surface area contributed by atoms with Crippen LogP contribution in [-0.4, -0.2) is 55.3 Å². The molecule has 0 aromatic heterocycles. The van der Waals surface area contributed by atoms with Gasteiger partial charge in [-0.05, 0) is 20.8 Å². The number of nitrogens with zero attached hydrogens (tertiary/aromatic N) is 1. The highest BCUT2D eigenvalue weighted by Gasteiger charge is 2.36. The molecule has 104 valence electrons. The lowest BCUT2D eigenvalue weighted by atomic mass is 10.2. The van der Waals surface area contributed by atoms with Gasteiger partial charge in [-0.3, -0.25) is 14.5 Å². The molecule has 1 heterocycles. The van der Waals surface area contributed by atoms with Crippen LogP contribution in [0, 0.1) is 0 Å². The summed E-state index contributed by atoms with van der Waals surface area (Å²) in [6.45, 7) is 5.10. The molecule has 1 atom stereocenters. The van der Waals surface area contributed by atoms with Crippen LogP contribution in [0.25, 0.3) is 0 Å². The molecule has 2 amide bonds. The van der Waals surface area contributed by atoms with E-state index in [9.17, 15) is 18.0 Å². The fourth-order valence-electron chi connectivity index (χ4n) is 1.59. The van der Waals surface area contributed by atoms with E-state index in [2.05, 4.69) is 5.32 Å². The summed E-state index contributed by atoms with van der Waals surface area (Å²) in [5, 5.41) is 2.83. The van der Waals surface area contributed by atoms with Crippen LogP contribution in [0.3, 0.4) is 0 Å². The average Bonchev–Trinajstić information content (AvgIpc) is 2.44. The van der Waals surface area contributed by atoms with Crippen molar-refractivity contribution in [3.05, 3.63) is 0 Å². The number of imide groups is 1. The minimum absolute atomic E-state index is 0.0435. The first kappa shape index (κ1) is 15.1. The molecule has 1 N–H and O–H groups in total. The van der Waals surface area contributed by atoms with Crippen LogP contribution in [-0.2, 0) is 19.4 Å². The number of hydrogen-bond donors (Lipinski definition) is 1. The molecule has 0 aromatic rings. The van der Waals surface area contributed by atoms with Gasteiger partial charge in [0.1, 0.15) is 0 Å². The minimum Gasteiger partial charge on any atom is -0.304 e. The van der Waals surface area contributed by atoms with Crippen molar-refractivity contribution in [3.63, 3.8) is 0 Å². The fraction of sp³-hybridized carbons (Fsp3) is 0.818. The van der Waals surface area contributed by atoms with Crippen molar-refractivity contribution in [1.29, 1.82) is 0 Å². The average molecular weight is 276 g/mol. The summed E-state index contributed by atoms with van der Waals surface area (Å²) in [7, 11) is -1.78. The van der Waals surface area contributed by atoms with Gasteiger partial charge in [-0.25, -0.2) is 8.42 Å². The van der Waals surface area contributed by atoms with Crippen molar-refractivity contribution in [2.45, 2.75) is 38.0 Å². The molecule has 1 rings (SSSR count). The Bertz CT molecular complexity index is 450. The van der Waals surface area contributed by atoms with Crippen LogP contribution in [0.1, 0.15) is 27.2 Å². The number of sulfone groups is 1. The molecule has 0 spiro atoms. The Morgan fingerprint density at radius 1 is 1.33 bits per heavy atom. The predicted molar refractivity (Wildman–Crippen MR) is 67.7 cm³/mol. The molecule has 0 aliphatic carbocycles. The van der Waals surface area contributed by atoms with Gasteiger partial charge >= 0.3 is 0 Å².